The molecule has 0 aliphatic heterocycles. The Bertz CT molecular complexity index is 145. The zero-order chi connectivity index (χ0) is 11.1. The van der Waals surface area contributed by atoms with Crippen LogP contribution in [-0.4, -0.2) is 30.7 Å². The normalized spacial score (nSPS) is 8.47. The molecular weight excluding hydrogens is 237 g/mol. The summed E-state index contributed by atoms with van der Waals surface area (Å²) in [5.41, 5.74) is -0.388. The first-order valence-corrected chi connectivity index (χ1v) is 4.64. The molecule has 5 heteroatoms. The molecule has 0 saturated heterocycles. The summed E-state index contributed by atoms with van der Waals surface area (Å²) in [6, 6.07) is 0. The van der Waals surface area contributed by atoms with Gasteiger partial charge >= 0.3 is 6.09 Å². The summed E-state index contributed by atoms with van der Waals surface area (Å²) in [5.74, 6) is 0. The SMILES string of the molecule is CCC.CN(C)C(=O)OC(C)(C)C.Cl.Cl. The van der Waals surface area contributed by atoms with Crippen molar-refractivity contribution in [2.24, 2.45) is 0 Å². The Kier molecular flexibility index (Phi) is 19.2. The minimum atomic E-state index is -0.388. The third kappa shape index (κ3) is 24.8. The van der Waals surface area contributed by atoms with E-state index in [4.69, 9.17) is 4.74 Å². The lowest BCUT2D eigenvalue weighted by atomic mass is 10.2. The standard InChI is InChI=1S/C7H15NO2.C3H8.2ClH/c1-7(2,3)10-6(9)8(4)5;1-3-2;;/h1-5H3;3H2,1-2H3;2*1H. The number of carbonyl (C=O) groups excluding carboxylic acids is 1. The first-order valence-electron chi connectivity index (χ1n) is 4.64. The zero-order valence-corrected chi connectivity index (χ0v) is 12.4. The van der Waals surface area contributed by atoms with Gasteiger partial charge in [-0.25, -0.2) is 4.79 Å². The largest absolute Gasteiger partial charge is 0.444 e. The van der Waals surface area contributed by atoms with Crippen molar-refractivity contribution in [1.29, 1.82) is 0 Å². The van der Waals surface area contributed by atoms with Gasteiger partial charge in [0, 0.05) is 14.1 Å². The summed E-state index contributed by atoms with van der Waals surface area (Å²) in [6.45, 7) is 9.78. The molecule has 0 unspecified atom stereocenters. The number of hydrogen-bond donors (Lipinski definition) is 0. The predicted molar refractivity (Wildman–Crippen MR) is 70.4 cm³/mol. The van der Waals surface area contributed by atoms with E-state index >= 15 is 0 Å². The first-order chi connectivity index (χ1) is 5.74. The predicted octanol–water partition coefficient (Wildman–Crippen LogP) is 3.74. The van der Waals surface area contributed by atoms with Crippen LogP contribution in [0.1, 0.15) is 41.0 Å². The van der Waals surface area contributed by atoms with Gasteiger partial charge in [0.1, 0.15) is 5.60 Å². The van der Waals surface area contributed by atoms with Gasteiger partial charge in [0.15, 0.2) is 0 Å². The van der Waals surface area contributed by atoms with Crippen molar-refractivity contribution in [1.82, 2.24) is 4.90 Å². The summed E-state index contributed by atoms with van der Waals surface area (Å²) in [5, 5.41) is 0. The van der Waals surface area contributed by atoms with E-state index in [1.807, 2.05) is 20.8 Å². The monoisotopic (exact) mass is 261 g/mol. The van der Waals surface area contributed by atoms with Crippen LogP contribution in [-0.2, 0) is 4.74 Å². The summed E-state index contributed by atoms with van der Waals surface area (Å²) in [4.78, 5) is 12.3. The molecule has 0 rings (SSSR count). The zero-order valence-electron chi connectivity index (χ0n) is 10.8. The summed E-state index contributed by atoms with van der Waals surface area (Å²) in [6.07, 6.45) is 0.951. The highest BCUT2D eigenvalue weighted by Crippen LogP contribution is 2.07. The molecule has 0 spiro atoms. The number of halogens is 2. The number of hydrogen-bond acceptors (Lipinski definition) is 2. The quantitative estimate of drug-likeness (QED) is 0.665. The molecule has 0 fully saturated rings. The van der Waals surface area contributed by atoms with E-state index in [2.05, 4.69) is 13.8 Å². The molecule has 0 bridgehead atoms. The van der Waals surface area contributed by atoms with Crippen LogP contribution in [0.2, 0.25) is 0 Å². The van der Waals surface area contributed by atoms with Crippen molar-refractivity contribution in [3.63, 3.8) is 0 Å². The Labute approximate surface area is 106 Å². The van der Waals surface area contributed by atoms with Crippen molar-refractivity contribution >= 4 is 30.9 Å². The van der Waals surface area contributed by atoms with Crippen molar-refractivity contribution in [2.75, 3.05) is 14.1 Å². The van der Waals surface area contributed by atoms with Crippen LogP contribution in [0.25, 0.3) is 0 Å². The Morgan fingerprint density at radius 1 is 1.13 bits per heavy atom. The van der Waals surface area contributed by atoms with Gasteiger partial charge < -0.3 is 9.64 Å². The molecule has 96 valence electrons. The average Bonchev–Trinajstić information content (AvgIpc) is 1.84. The van der Waals surface area contributed by atoms with Crippen molar-refractivity contribution in [2.45, 2.75) is 46.6 Å². The minimum Gasteiger partial charge on any atom is -0.444 e. The first kappa shape index (κ1) is 24.2. The maximum absolute atomic E-state index is 10.9. The molecule has 0 heterocycles. The molecule has 1 amide bonds. The number of amides is 1. The third-order valence-corrected chi connectivity index (χ3v) is 0.759. The Morgan fingerprint density at radius 3 is 1.47 bits per heavy atom. The van der Waals surface area contributed by atoms with Crippen LogP contribution in [0.4, 0.5) is 4.79 Å². The fourth-order valence-electron chi connectivity index (χ4n) is 0.353. The molecule has 0 aliphatic rings. The van der Waals surface area contributed by atoms with E-state index in [1.165, 1.54) is 11.3 Å². The van der Waals surface area contributed by atoms with Gasteiger partial charge in [-0.1, -0.05) is 20.3 Å². The second-order valence-electron chi connectivity index (χ2n) is 4.08. The number of ether oxygens (including phenoxy) is 1. The van der Waals surface area contributed by atoms with Gasteiger partial charge in [0.2, 0.25) is 0 Å². The summed E-state index contributed by atoms with van der Waals surface area (Å²) < 4.78 is 4.99. The number of nitrogens with zero attached hydrogens (tertiary/aromatic N) is 1. The van der Waals surface area contributed by atoms with Crippen LogP contribution in [0.15, 0.2) is 0 Å². The lowest BCUT2D eigenvalue weighted by Crippen LogP contribution is -2.31. The lowest BCUT2D eigenvalue weighted by molar-refractivity contribution is 0.0341. The molecule has 0 aromatic carbocycles. The smallest absolute Gasteiger partial charge is 0.409 e. The van der Waals surface area contributed by atoms with E-state index in [-0.39, 0.29) is 36.5 Å². The van der Waals surface area contributed by atoms with E-state index in [9.17, 15) is 4.79 Å². The second kappa shape index (κ2) is 11.9. The molecule has 3 nitrogen and oxygen atoms in total. The minimum absolute atomic E-state index is 0. The molecule has 15 heavy (non-hydrogen) atoms. The van der Waals surface area contributed by atoms with E-state index in [0.717, 1.165) is 0 Å². The van der Waals surface area contributed by atoms with Crippen molar-refractivity contribution in [3.05, 3.63) is 0 Å². The molecule has 0 saturated carbocycles. The Balaban J connectivity index is -0.000000108. The van der Waals surface area contributed by atoms with Crippen molar-refractivity contribution in [3.8, 4) is 0 Å². The molecular formula is C10H25Cl2NO2. The third-order valence-electron chi connectivity index (χ3n) is 0.759. The highest BCUT2D eigenvalue weighted by atomic mass is 35.5. The fraction of sp³-hybridized carbons (Fsp3) is 0.900. The molecule has 0 radical (unpaired) electrons. The number of carbonyl (C=O) groups is 1. The van der Waals surface area contributed by atoms with Gasteiger partial charge in [0.05, 0.1) is 0 Å². The van der Waals surface area contributed by atoms with Gasteiger partial charge in [0.25, 0.3) is 0 Å². The van der Waals surface area contributed by atoms with E-state index in [0.29, 0.717) is 0 Å². The van der Waals surface area contributed by atoms with Gasteiger partial charge in [-0.2, -0.15) is 0 Å². The van der Waals surface area contributed by atoms with Gasteiger partial charge in [-0.3, -0.25) is 0 Å². The van der Waals surface area contributed by atoms with Crippen LogP contribution >= 0.6 is 24.8 Å². The second-order valence-corrected chi connectivity index (χ2v) is 4.08. The van der Waals surface area contributed by atoms with Crippen LogP contribution < -0.4 is 0 Å². The molecule has 0 N–H and O–H groups in total. The summed E-state index contributed by atoms with van der Waals surface area (Å²) in [7, 11) is 3.32. The average molecular weight is 262 g/mol. The van der Waals surface area contributed by atoms with Crippen molar-refractivity contribution < 1.29 is 9.53 Å². The maximum atomic E-state index is 10.9. The van der Waals surface area contributed by atoms with Gasteiger partial charge in [-0.05, 0) is 20.8 Å². The maximum Gasteiger partial charge on any atom is 0.409 e. The molecule has 0 aromatic heterocycles. The molecule has 0 aromatic rings. The molecule has 0 aliphatic carbocycles. The number of rotatable bonds is 0. The fourth-order valence-corrected chi connectivity index (χ4v) is 0.353. The summed E-state index contributed by atoms with van der Waals surface area (Å²) >= 11 is 0. The van der Waals surface area contributed by atoms with Crippen LogP contribution in [0.3, 0.4) is 0 Å². The van der Waals surface area contributed by atoms with E-state index < -0.39 is 0 Å². The van der Waals surface area contributed by atoms with E-state index in [1.54, 1.807) is 14.1 Å². The Hall–Kier alpha value is -0.150. The Morgan fingerprint density at radius 2 is 1.40 bits per heavy atom. The highest BCUT2D eigenvalue weighted by molar-refractivity contribution is 5.85. The lowest BCUT2D eigenvalue weighted by Gasteiger charge is -2.22. The van der Waals surface area contributed by atoms with Gasteiger partial charge in [-0.15, -0.1) is 24.8 Å². The molecule has 0 atom stereocenters. The topological polar surface area (TPSA) is 29.5 Å². The van der Waals surface area contributed by atoms with Crippen LogP contribution in [0.5, 0.6) is 0 Å². The highest BCUT2D eigenvalue weighted by Gasteiger charge is 2.16. The van der Waals surface area contributed by atoms with Crippen LogP contribution in [0, 0.1) is 0 Å².